The van der Waals surface area contributed by atoms with E-state index in [2.05, 4.69) is 46.3 Å². The molecule has 0 radical (unpaired) electrons. The Labute approximate surface area is 162 Å². The van der Waals surface area contributed by atoms with Crippen molar-refractivity contribution in [3.63, 3.8) is 0 Å². The molecule has 1 saturated carbocycles. The summed E-state index contributed by atoms with van der Waals surface area (Å²) in [5.41, 5.74) is 1.16. The van der Waals surface area contributed by atoms with Crippen molar-refractivity contribution in [2.45, 2.75) is 50.7 Å². The summed E-state index contributed by atoms with van der Waals surface area (Å²) in [5.74, 6) is 2.69. The summed E-state index contributed by atoms with van der Waals surface area (Å²) >= 11 is 0. The van der Waals surface area contributed by atoms with Crippen LogP contribution in [-0.4, -0.2) is 36.7 Å². The Balaban J connectivity index is 1.28. The minimum Gasteiger partial charge on any atom is -0.316 e. The third kappa shape index (κ3) is 3.75. The number of fused-ring (bicyclic) bond motifs is 3. The van der Waals surface area contributed by atoms with Gasteiger partial charge >= 0.3 is 0 Å². The van der Waals surface area contributed by atoms with Crippen LogP contribution in [0, 0.1) is 17.8 Å². The Morgan fingerprint density at radius 2 is 1.89 bits per heavy atom. The molecule has 0 amide bonds. The van der Waals surface area contributed by atoms with Gasteiger partial charge in [0.25, 0.3) is 0 Å². The lowest BCUT2D eigenvalue weighted by Gasteiger charge is -2.36. The smallest absolute Gasteiger partial charge is 0.0548 e. The molecular weight excluding hydrogens is 332 g/mol. The van der Waals surface area contributed by atoms with Gasteiger partial charge < -0.3 is 16.0 Å². The van der Waals surface area contributed by atoms with Crippen LogP contribution in [-0.2, 0) is 6.54 Å². The van der Waals surface area contributed by atoms with Gasteiger partial charge in [-0.15, -0.1) is 0 Å². The lowest BCUT2D eigenvalue weighted by molar-refractivity contribution is 0.195. The molecule has 144 valence electrons. The Bertz CT molecular complexity index is 754. The van der Waals surface area contributed by atoms with E-state index >= 15 is 0 Å². The van der Waals surface area contributed by atoms with Crippen molar-refractivity contribution in [2.24, 2.45) is 17.8 Å². The quantitative estimate of drug-likeness (QED) is 0.737. The first-order valence-corrected chi connectivity index (χ1v) is 10.9. The van der Waals surface area contributed by atoms with Crippen LogP contribution in [0.15, 0.2) is 36.5 Å². The van der Waals surface area contributed by atoms with Gasteiger partial charge in [0.1, 0.15) is 0 Å². The SMILES string of the molecule is c1ccc2cc(CN[C@@H](CC3C4CCC3CNC4)C3CCCN3)ncc2c1. The average molecular weight is 365 g/mol. The van der Waals surface area contributed by atoms with Gasteiger partial charge in [0, 0.05) is 30.2 Å². The minimum absolute atomic E-state index is 0.562. The van der Waals surface area contributed by atoms with Crippen LogP contribution in [0.3, 0.4) is 0 Å². The molecule has 3 aliphatic rings. The predicted octanol–water partition coefficient (Wildman–Crippen LogP) is 3.08. The maximum Gasteiger partial charge on any atom is 0.0548 e. The highest BCUT2D eigenvalue weighted by molar-refractivity contribution is 5.81. The second-order valence-electron chi connectivity index (χ2n) is 8.87. The molecular formula is C23H32N4. The molecule has 1 aromatic carbocycles. The van der Waals surface area contributed by atoms with Crippen LogP contribution < -0.4 is 16.0 Å². The van der Waals surface area contributed by atoms with Crippen molar-refractivity contribution in [3.8, 4) is 0 Å². The van der Waals surface area contributed by atoms with Crippen molar-refractivity contribution in [1.29, 1.82) is 0 Å². The third-order valence-electron chi connectivity index (χ3n) is 7.28. The van der Waals surface area contributed by atoms with E-state index in [0.29, 0.717) is 12.1 Å². The molecule has 4 heteroatoms. The summed E-state index contributed by atoms with van der Waals surface area (Å²) in [4.78, 5) is 4.70. The number of hydrogen-bond acceptors (Lipinski definition) is 4. The van der Waals surface area contributed by atoms with Gasteiger partial charge in [-0.3, -0.25) is 4.98 Å². The van der Waals surface area contributed by atoms with Crippen molar-refractivity contribution < 1.29 is 0 Å². The number of aromatic nitrogens is 1. The Morgan fingerprint density at radius 1 is 1.07 bits per heavy atom. The normalized spacial score (nSPS) is 31.4. The summed E-state index contributed by atoms with van der Waals surface area (Å²) in [6.07, 6.45) is 8.82. The molecule has 3 unspecified atom stereocenters. The summed E-state index contributed by atoms with van der Waals surface area (Å²) in [5, 5.41) is 13.8. The molecule has 2 bridgehead atoms. The number of hydrogen-bond donors (Lipinski definition) is 3. The second-order valence-corrected chi connectivity index (χ2v) is 8.87. The van der Waals surface area contributed by atoms with Gasteiger partial charge in [-0.25, -0.2) is 0 Å². The fourth-order valence-corrected chi connectivity index (χ4v) is 5.79. The van der Waals surface area contributed by atoms with Crippen molar-refractivity contribution in [1.82, 2.24) is 20.9 Å². The first kappa shape index (κ1) is 17.6. The molecule has 4 atom stereocenters. The summed E-state index contributed by atoms with van der Waals surface area (Å²) in [7, 11) is 0. The molecule has 27 heavy (non-hydrogen) atoms. The standard InChI is InChI=1S/C23H32N4/c1-2-5-17-14-26-20(10-16(17)4-1)15-27-23(22-6-3-9-25-22)11-21-18-7-8-19(21)13-24-12-18/h1-2,4-5,10,14,18-19,21-25,27H,3,6-9,11-13,15H2/t18?,19?,21?,22?,23-/m0/s1. The van der Waals surface area contributed by atoms with Gasteiger partial charge in [0.2, 0.25) is 0 Å². The van der Waals surface area contributed by atoms with E-state index in [9.17, 15) is 0 Å². The number of pyridine rings is 1. The summed E-state index contributed by atoms with van der Waals surface area (Å²) < 4.78 is 0. The first-order valence-electron chi connectivity index (χ1n) is 10.9. The highest BCUT2D eigenvalue weighted by atomic mass is 15.0. The summed E-state index contributed by atoms with van der Waals surface area (Å²) in [6.45, 7) is 4.51. The number of nitrogens with zero attached hydrogens (tertiary/aromatic N) is 1. The van der Waals surface area contributed by atoms with E-state index in [-0.39, 0.29) is 0 Å². The van der Waals surface area contributed by atoms with E-state index in [0.717, 1.165) is 30.0 Å². The molecule has 2 aliphatic heterocycles. The fraction of sp³-hybridized carbons (Fsp3) is 0.609. The monoisotopic (exact) mass is 364 g/mol. The van der Waals surface area contributed by atoms with Crippen LogP contribution in [0.25, 0.3) is 10.8 Å². The highest BCUT2D eigenvalue weighted by Gasteiger charge is 2.41. The average Bonchev–Trinajstić information content (AvgIpc) is 3.30. The van der Waals surface area contributed by atoms with Crippen molar-refractivity contribution in [3.05, 3.63) is 42.2 Å². The molecule has 1 aromatic heterocycles. The van der Waals surface area contributed by atoms with Crippen molar-refractivity contribution >= 4 is 10.8 Å². The van der Waals surface area contributed by atoms with Gasteiger partial charge in [-0.1, -0.05) is 24.3 Å². The van der Waals surface area contributed by atoms with Crippen LogP contribution in [0.2, 0.25) is 0 Å². The van der Waals surface area contributed by atoms with Crippen LogP contribution >= 0.6 is 0 Å². The topological polar surface area (TPSA) is 49.0 Å². The van der Waals surface area contributed by atoms with Crippen LogP contribution in [0.4, 0.5) is 0 Å². The summed E-state index contributed by atoms with van der Waals surface area (Å²) in [6, 6.07) is 11.9. The van der Waals surface area contributed by atoms with Gasteiger partial charge in [0.15, 0.2) is 0 Å². The molecule has 2 saturated heterocycles. The second kappa shape index (κ2) is 7.86. The lowest BCUT2D eigenvalue weighted by Crippen LogP contribution is -2.48. The number of rotatable bonds is 6. The molecule has 4 nitrogen and oxygen atoms in total. The molecule has 3 fully saturated rings. The lowest BCUT2D eigenvalue weighted by atomic mass is 9.80. The van der Waals surface area contributed by atoms with E-state index in [4.69, 9.17) is 4.98 Å². The first-order chi connectivity index (χ1) is 13.4. The predicted molar refractivity (Wildman–Crippen MR) is 111 cm³/mol. The van der Waals surface area contributed by atoms with Crippen molar-refractivity contribution in [2.75, 3.05) is 19.6 Å². The van der Waals surface area contributed by atoms with Crippen LogP contribution in [0.1, 0.15) is 37.8 Å². The number of piperidine rings is 1. The molecule has 2 aromatic rings. The Morgan fingerprint density at radius 3 is 2.67 bits per heavy atom. The zero-order chi connectivity index (χ0) is 18.1. The minimum atomic E-state index is 0.562. The van der Waals surface area contributed by atoms with E-state index in [1.54, 1.807) is 0 Å². The van der Waals surface area contributed by atoms with Gasteiger partial charge in [0.05, 0.1) is 5.69 Å². The molecule has 3 heterocycles. The van der Waals surface area contributed by atoms with E-state index < -0.39 is 0 Å². The zero-order valence-corrected chi connectivity index (χ0v) is 16.2. The molecule has 3 N–H and O–H groups in total. The zero-order valence-electron chi connectivity index (χ0n) is 16.2. The maximum atomic E-state index is 4.70. The highest BCUT2D eigenvalue weighted by Crippen LogP contribution is 2.42. The number of nitrogens with one attached hydrogen (secondary N) is 3. The molecule has 5 rings (SSSR count). The third-order valence-corrected chi connectivity index (χ3v) is 7.28. The van der Waals surface area contributed by atoms with Crippen LogP contribution in [0.5, 0.6) is 0 Å². The fourth-order valence-electron chi connectivity index (χ4n) is 5.79. The van der Waals surface area contributed by atoms with E-state index in [1.165, 1.54) is 62.5 Å². The maximum absolute atomic E-state index is 4.70. The molecule has 1 aliphatic carbocycles. The Hall–Kier alpha value is -1.49. The largest absolute Gasteiger partial charge is 0.316 e. The Kier molecular flexibility index (Phi) is 5.12. The van der Waals surface area contributed by atoms with Gasteiger partial charge in [-0.05, 0) is 80.9 Å². The van der Waals surface area contributed by atoms with E-state index in [1.807, 2.05) is 6.20 Å². The molecule has 0 spiro atoms. The number of benzene rings is 1. The van der Waals surface area contributed by atoms with Gasteiger partial charge in [-0.2, -0.15) is 0 Å².